The van der Waals surface area contributed by atoms with Gasteiger partial charge in [-0.25, -0.2) is 4.98 Å². The number of aliphatic hydroxyl groups excluding tert-OH is 1. The van der Waals surface area contributed by atoms with E-state index in [-0.39, 0.29) is 11.5 Å². The van der Waals surface area contributed by atoms with E-state index in [1.54, 1.807) is 0 Å². The minimum absolute atomic E-state index is 0.0156. The maximum Gasteiger partial charge on any atom is 0.411 e. The number of rotatable bonds is 4. The average Bonchev–Trinajstić information content (AvgIpc) is 2.14. The number of nitrogens with zero attached hydrogens (tertiary/aromatic N) is 1. The molecule has 0 saturated carbocycles. The van der Waals surface area contributed by atoms with Gasteiger partial charge < -0.3 is 14.8 Å². The third-order valence-electron chi connectivity index (χ3n) is 1.51. The van der Waals surface area contributed by atoms with Gasteiger partial charge in [-0.2, -0.15) is 13.2 Å². The zero-order valence-corrected chi connectivity index (χ0v) is 8.04. The molecule has 0 amide bonds. The molecule has 16 heavy (non-hydrogen) atoms. The smallest absolute Gasteiger partial charge is 0.388 e. The first-order valence-corrected chi connectivity index (χ1v) is 4.25. The molecule has 1 rings (SSSR count). The molecule has 0 aliphatic heterocycles. The summed E-state index contributed by atoms with van der Waals surface area (Å²) < 4.78 is 39.5. The molecule has 1 aromatic heterocycles. The highest BCUT2D eigenvalue weighted by molar-refractivity contribution is 5.01. The Balaban J connectivity index is 2.60. The van der Waals surface area contributed by atoms with E-state index >= 15 is 0 Å². The van der Waals surface area contributed by atoms with Gasteiger partial charge in [0.2, 0.25) is 0 Å². The summed E-state index contributed by atoms with van der Waals surface area (Å²) in [7, 11) is 0. The summed E-state index contributed by atoms with van der Waals surface area (Å²) in [6.07, 6.45) is -4.42. The summed E-state index contributed by atoms with van der Waals surface area (Å²) in [4.78, 5) is 16.8. The Morgan fingerprint density at radius 2 is 2.19 bits per heavy atom. The van der Waals surface area contributed by atoms with Crippen molar-refractivity contribution >= 4 is 0 Å². The largest absolute Gasteiger partial charge is 0.411 e. The van der Waals surface area contributed by atoms with Gasteiger partial charge in [-0.1, -0.05) is 0 Å². The molecule has 2 N–H and O–H groups in total. The van der Waals surface area contributed by atoms with Crippen LogP contribution in [0.3, 0.4) is 0 Å². The normalized spacial score (nSPS) is 11.8. The van der Waals surface area contributed by atoms with Crippen molar-refractivity contribution in [3.63, 3.8) is 0 Å². The van der Waals surface area contributed by atoms with Gasteiger partial charge in [-0.15, -0.1) is 0 Å². The lowest BCUT2D eigenvalue weighted by molar-refractivity contribution is -0.176. The minimum Gasteiger partial charge on any atom is -0.388 e. The van der Waals surface area contributed by atoms with Crippen LogP contribution < -0.4 is 5.56 Å². The quantitative estimate of drug-likeness (QED) is 0.793. The van der Waals surface area contributed by atoms with Crippen LogP contribution in [0.4, 0.5) is 13.2 Å². The maximum atomic E-state index is 11.7. The Hall–Kier alpha value is -1.41. The van der Waals surface area contributed by atoms with E-state index < -0.39 is 31.6 Å². The van der Waals surface area contributed by atoms with Crippen molar-refractivity contribution in [2.75, 3.05) is 6.61 Å². The summed E-state index contributed by atoms with van der Waals surface area (Å²) in [5.41, 5.74) is -0.512. The predicted molar refractivity (Wildman–Crippen MR) is 46.5 cm³/mol. The van der Waals surface area contributed by atoms with Gasteiger partial charge in [0.1, 0.15) is 19.0 Å². The predicted octanol–water partition coefficient (Wildman–Crippen LogP) is 0.341. The van der Waals surface area contributed by atoms with Crippen LogP contribution in [-0.2, 0) is 18.0 Å². The van der Waals surface area contributed by atoms with E-state index in [0.717, 1.165) is 6.07 Å². The average molecular weight is 238 g/mol. The van der Waals surface area contributed by atoms with Crippen molar-refractivity contribution in [2.45, 2.75) is 19.4 Å². The van der Waals surface area contributed by atoms with Crippen LogP contribution in [0.5, 0.6) is 0 Å². The molecule has 0 radical (unpaired) electrons. The first kappa shape index (κ1) is 12.7. The second-order valence-electron chi connectivity index (χ2n) is 2.95. The molecular weight excluding hydrogens is 229 g/mol. The number of aliphatic hydroxyl groups is 1. The first-order valence-electron chi connectivity index (χ1n) is 4.25. The zero-order chi connectivity index (χ0) is 12.2. The fraction of sp³-hybridized carbons (Fsp3) is 0.500. The number of aromatic nitrogens is 2. The number of aromatic amines is 1. The van der Waals surface area contributed by atoms with Crippen LogP contribution in [0.15, 0.2) is 10.9 Å². The van der Waals surface area contributed by atoms with Crippen LogP contribution in [0, 0.1) is 0 Å². The lowest BCUT2D eigenvalue weighted by atomic mass is 10.4. The fourth-order valence-corrected chi connectivity index (χ4v) is 0.983. The molecule has 1 heterocycles. The topological polar surface area (TPSA) is 75.2 Å². The minimum atomic E-state index is -4.42. The number of H-pyrrole nitrogens is 1. The summed E-state index contributed by atoms with van der Waals surface area (Å²) in [6.45, 7) is -2.34. The molecule has 0 aromatic carbocycles. The third-order valence-corrected chi connectivity index (χ3v) is 1.51. The number of hydrogen-bond acceptors (Lipinski definition) is 4. The van der Waals surface area contributed by atoms with Gasteiger partial charge in [0.05, 0.1) is 12.3 Å². The molecule has 90 valence electrons. The lowest BCUT2D eigenvalue weighted by Crippen LogP contribution is -2.18. The van der Waals surface area contributed by atoms with Crippen molar-refractivity contribution in [2.24, 2.45) is 0 Å². The second-order valence-corrected chi connectivity index (χ2v) is 2.95. The number of alkyl halides is 3. The van der Waals surface area contributed by atoms with Gasteiger partial charge in [0, 0.05) is 6.07 Å². The van der Waals surface area contributed by atoms with Crippen LogP contribution >= 0.6 is 0 Å². The zero-order valence-electron chi connectivity index (χ0n) is 8.04. The van der Waals surface area contributed by atoms with E-state index in [1.807, 2.05) is 0 Å². The first-order chi connectivity index (χ1) is 7.40. The number of halogens is 3. The Labute approximate surface area is 87.9 Å². The van der Waals surface area contributed by atoms with Crippen LogP contribution in [-0.4, -0.2) is 27.9 Å². The van der Waals surface area contributed by atoms with E-state index in [2.05, 4.69) is 14.7 Å². The Kier molecular flexibility index (Phi) is 4.02. The van der Waals surface area contributed by atoms with E-state index in [9.17, 15) is 18.0 Å². The van der Waals surface area contributed by atoms with E-state index in [1.165, 1.54) is 0 Å². The molecule has 0 atom stereocenters. The summed E-state index contributed by atoms with van der Waals surface area (Å²) in [6, 6.07) is 1.01. The van der Waals surface area contributed by atoms with Gasteiger partial charge in [0.15, 0.2) is 0 Å². The molecule has 1 aromatic rings. The lowest BCUT2D eigenvalue weighted by Gasteiger charge is -2.07. The molecule has 0 aliphatic rings. The van der Waals surface area contributed by atoms with E-state index in [4.69, 9.17) is 5.11 Å². The highest BCUT2D eigenvalue weighted by Crippen LogP contribution is 2.14. The van der Waals surface area contributed by atoms with Gasteiger partial charge in [-0.05, 0) is 0 Å². The highest BCUT2D eigenvalue weighted by atomic mass is 19.4. The van der Waals surface area contributed by atoms with Crippen LogP contribution in [0.2, 0.25) is 0 Å². The molecule has 5 nitrogen and oxygen atoms in total. The molecular formula is C8H9F3N2O3. The van der Waals surface area contributed by atoms with Gasteiger partial charge in [0.25, 0.3) is 5.56 Å². The van der Waals surface area contributed by atoms with Gasteiger partial charge >= 0.3 is 6.18 Å². The SMILES string of the molecule is O=c1cc(COCC(F)(F)F)nc(CO)[nH]1. The molecule has 0 bridgehead atoms. The van der Waals surface area contributed by atoms with Crippen molar-refractivity contribution < 1.29 is 23.0 Å². The molecule has 0 aliphatic carbocycles. The van der Waals surface area contributed by atoms with Crippen molar-refractivity contribution in [1.82, 2.24) is 9.97 Å². The molecule has 0 unspecified atom stereocenters. The number of ether oxygens (including phenoxy) is 1. The highest BCUT2D eigenvalue weighted by Gasteiger charge is 2.27. The molecule has 0 saturated heterocycles. The van der Waals surface area contributed by atoms with Crippen molar-refractivity contribution in [3.05, 3.63) is 27.9 Å². The Morgan fingerprint density at radius 1 is 1.50 bits per heavy atom. The van der Waals surface area contributed by atoms with E-state index in [0.29, 0.717) is 0 Å². The number of nitrogens with one attached hydrogen (secondary N) is 1. The summed E-state index contributed by atoms with van der Waals surface area (Å²) in [5.74, 6) is -0.0156. The monoisotopic (exact) mass is 238 g/mol. The molecule has 0 spiro atoms. The number of hydrogen-bond donors (Lipinski definition) is 2. The molecule has 0 fully saturated rings. The Bertz CT molecular complexity index is 402. The third kappa shape index (κ3) is 4.41. The Morgan fingerprint density at radius 3 is 2.75 bits per heavy atom. The van der Waals surface area contributed by atoms with Crippen LogP contribution in [0.1, 0.15) is 11.5 Å². The van der Waals surface area contributed by atoms with Crippen LogP contribution in [0.25, 0.3) is 0 Å². The summed E-state index contributed by atoms with van der Waals surface area (Å²) >= 11 is 0. The molecule has 8 heteroatoms. The van der Waals surface area contributed by atoms with Gasteiger partial charge in [-0.3, -0.25) is 4.79 Å². The second kappa shape index (κ2) is 5.08. The standard InChI is InChI=1S/C8H9F3N2O3/c9-8(10,11)4-16-3-5-1-7(15)13-6(2-14)12-5/h1,14H,2-4H2,(H,12,13,15). The maximum absolute atomic E-state index is 11.7. The van der Waals surface area contributed by atoms with Crippen molar-refractivity contribution in [3.8, 4) is 0 Å². The van der Waals surface area contributed by atoms with Crippen molar-refractivity contribution in [1.29, 1.82) is 0 Å². The fourth-order valence-electron chi connectivity index (χ4n) is 0.983. The summed E-state index contributed by atoms with van der Waals surface area (Å²) in [5, 5.41) is 8.69.